The van der Waals surface area contributed by atoms with Crippen LogP contribution in [0.2, 0.25) is 0 Å². The van der Waals surface area contributed by atoms with Crippen LogP contribution in [0.5, 0.6) is 0 Å². The highest BCUT2D eigenvalue weighted by Gasteiger charge is 2.61. The topological polar surface area (TPSA) is 43.4 Å². The average molecular weight is 473 g/mol. The fraction of sp³-hybridized carbons (Fsp3) is 0.935. The molecule has 4 fully saturated rings. The summed E-state index contributed by atoms with van der Waals surface area (Å²) in [5.74, 6) is 3.42. The van der Waals surface area contributed by atoms with Crippen LogP contribution < -0.4 is 0 Å². The third kappa shape index (κ3) is 5.44. The maximum atomic E-state index is 12.7. The Kier molecular flexibility index (Phi) is 8.84. The summed E-state index contributed by atoms with van der Waals surface area (Å²) in [6, 6.07) is 0. The van der Waals surface area contributed by atoms with E-state index in [9.17, 15) is 9.59 Å². The van der Waals surface area contributed by atoms with Crippen molar-refractivity contribution in [3.63, 3.8) is 0 Å². The lowest BCUT2D eigenvalue weighted by atomic mass is 9.45. The van der Waals surface area contributed by atoms with Crippen LogP contribution in [0.3, 0.4) is 0 Å². The fourth-order valence-electron chi connectivity index (χ4n) is 8.99. The third-order valence-corrected chi connectivity index (χ3v) is 11.2. The maximum Gasteiger partial charge on any atom is 0.306 e. The molecule has 0 spiro atoms. The van der Waals surface area contributed by atoms with Crippen LogP contribution in [0.25, 0.3) is 0 Å². The van der Waals surface area contributed by atoms with Gasteiger partial charge in [-0.05, 0) is 80.5 Å². The quantitative estimate of drug-likeness (QED) is 0.224. The summed E-state index contributed by atoms with van der Waals surface area (Å²) in [5, 5.41) is 0. The van der Waals surface area contributed by atoms with Crippen molar-refractivity contribution in [3.05, 3.63) is 0 Å². The van der Waals surface area contributed by atoms with Gasteiger partial charge in [0.1, 0.15) is 11.9 Å². The minimum atomic E-state index is 0.0541. The number of hydrogen-bond donors (Lipinski definition) is 0. The zero-order valence-electron chi connectivity index (χ0n) is 22.5. The van der Waals surface area contributed by atoms with Crippen LogP contribution >= 0.6 is 0 Å². The van der Waals surface area contributed by atoms with Crippen LogP contribution in [0.4, 0.5) is 0 Å². The lowest BCUT2D eigenvalue weighted by Crippen LogP contribution is -2.54. The second kappa shape index (κ2) is 11.5. The number of ketones is 1. The van der Waals surface area contributed by atoms with E-state index >= 15 is 0 Å². The zero-order chi connectivity index (χ0) is 24.2. The summed E-state index contributed by atoms with van der Waals surface area (Å²) in [4.78, 5) is 24.8. The standard InChI is InChI=1S/C31H52O3/c1-4-5-6-7-8-9-10-11-12-13-29(33)34-28-17-16-26-25-15-14-23-22-24(32)18-20-30(23,2)27(25)19-21-31(26,28)3/h23,25-28H,4-22H2,1-3H3/t23-,25+,26+,27+,28+,30+,31+/m1/s1. The first-order chi connectivity index (χ1) is 16.4. The molecule has 0 bridgehead atoms. The molecule has 0 aromatic rings. The summed E-state index contributed by atoms with van der Waals surface area (Å²) in [6.45, 7) is 7.22. The second-order valence-electron chi connectivity index (χ2n) is 13.1. The van der Waals surface area contributed by atoms with Crippen molar-refractivity contribution in [2.24, 2.45) is 34.5 Å². The first-order valence-electron chi connectivity index (χ1n) is 15.1. The highest BCUT2D eigenvalue weighted by atomic mass is 16.5. The van der Waals surface area contributed by atoms with Gasteiger partial charge >= 0.3 is 5.97 Å². The Bertz CT molecular complexity index is 701. The van der Waals surface area contributed by atoms with Crippen molar-refractivity contribution in [2.45, 2.75) is 149 Å². The molecule has 4 aliphatic carbocycles. The Hall–Kier alpha value is -0.860. The molecule has 0 radical (unpaired) electrons. The third-order valence-electron chi connectivity index (χ3n) is 11.2. The molecule has 194 valence electrons. The van der Waals surface area contributed by atoms with E-state index < -0.39 is 0 Å². The number of hydrogen-bond acceptors (Lipinski definition) is 3. The number of Topliss-reactive ketones (excluding diaryl/α,β-unsaturated/α-hetero) is 1. The highest BCUT2D eigenvalue weighted by Crippen LogP contribution is 2.66. The Balaban J connectivity index is 1.22. The van der Waals surface area contributed by atoms with Gasteiger partial charge in [-0.3, -0.25) is 9.59 Å². The first kappa shape index (κ1) is 26.2. The van der Waals surface area contributed by atoms with Crippen LogP contribution in [0, 0.1) is 34.5 Å². The number of fused-ring (bicyclic) bond motifs is 5. The van der Waals surface area contributed by atoms with E-state index in [0.29, 0.717) is 29.5 Å². The van der Waals surface area contributed by atoms with E-state index in [1.807, 2.05) is 0 Å². The van der Waals surface area contributed by atoms with Crippen molar-refractivity contribution in [1.29, 1.82) is 0 Å². The summed E-state index contributed by atoms with van der Waals surface area (Å²) in [5.41, 5.74) is 0.534. The van der Waals surface area contributed by atoms with Crippen LogP contribution in [-0.2, 0) is 14.3 Å². The predicted octanol–water partition coefficient (Wildman–Crippen LogP) is 8.43. The van der Waals surface area contributed by atoms with Crippen molar-refractivity contribution in [1.82, 2.24) is 0 Å². The number of carbonyl (C=O) groups excluding carboxylic acids is 2. The molecule has 0 heterocycles. The van der Waals surface area contributed by atoms with E-state index in [4.69, 9.17) is 4.74 Å². The SMILES string of the molecule is CCCCCCCCCCCC(=O)O[C@H]1CC[C@H]2[C@@H]3CC[C@@H]4CC(=O)CC[C@]4(C)[C@H]3CC[C@]12C. The Morgan fingerprint density at radius 2 is 1.50 bits per heavy atom. The molecule has 0 amide bonds. The van der Waals surface area contributed by atoms with Crippen molar-refractivity contribution in [2.75, 3.05) is 0 Å². The molecule has 0 unspecified atom stereocenters. The molecule has 4 rings (SSSR count). The highest BCUT2D eigenvalue weighted by molar-refractivity contribution is 5.79. The van der Waals surface area contributed by atoms with Gasteiger partial charge in [-0.25, -0.2) is 0 Å². The van der Waals surface area contributed by atoms with E-state index in [-0.39, 0.29) is 17.5 Å². The lowest BCUT2D eigenvalue weighted by molar-refractivity contribution is -0.164. The number of rotatable bonds is 11. The van der Waals surface area contributed by atoms with Gasteiger partial charge in [0.2, 0.25) is 0 Å². The molecule has 34 heavy (non-hydrogen) atoms. The van der Waals surface area contributed by atoms with Crippen molar-refractivity contribution < 1.29 is 14.3 Å². The fourth-order valence-corrected chi connectivity index (χ4v) is 8.99. The smallest absolute Gasteiger partial charge is 0.306 e. The molecule has 0 aromatic heterocycles. The van der Waals surface area contributed by atoms with Crippen LogP contribution in [-0.4, -0.2) is 17.9 Å². The average Bonchev–Trinajstić information content (AvgIpc) is 3.14. The minimum Gasteiger partial charge on any atom is -0.462 e. The van der Waals surface area contributed by atoms with E-state index in [1.54, 1.807) is 0 Å². The molecular formula is C31H52O3. The number of esters is 1. The molecule has 0 aliphatic heterocycles. The molecule has 3 heteroatoms. The molecule has 7 atom stereocenters. The van der Waals surface area contributed by atoms with Crippen molar-refractivity contribution in [3.8, 4) is 0 Å². The van der Waals surface area contributed by atoms with Gasteiger partial charge in [0.05, 0.1) is 0 Å². The second-order valence-corrected chi connectivity index (χ2v) is 13.1. The van der Waals surface area contributed by atoms with E-state index in [2.05, 4.69) is 20.8 Å². The maximum absolute atomic E-state index is 12.7. The van der Waals surface area contributed by atoms with Gasteiger partial charge in [0.15, 0.2) is 0 Å². The summed E-state index contributed by atoms with van der Waals surface area (Å²) >= 11 is 0. The molecular weight excluding hydrogens is 420 g/mol. The summed E-state index contributed by atoms with van der Waals surface area (Å²) < 4.78 is 6.20. The van der Waals surface area contributed by atoms with Gasteiger partial charge in [0.25, 0.3) is 0 Å². The summed E-state index contributed by atoms with van der Waals surface area (Å²) in [6.07, 6.45) is 22.3. The van der Waals surface area contributed by atoms with Crippen LogP contribution in [0.1, 0.15) is 143 Å². The largest absolute Gasteiger partial charge is 0.462 e. The molecule has 0 aromatic carbocycles. The minimum absolute atomic E-state index is 0.0541. The van der Waals surface area contributed by atoms with Crippen LogP contribution in [0.15, 0.2) is 0 Å². The number of unbranched alkanes of at least 4 members (excludes halogenated alkanes) is 8. The molecule has 3 nitrogen and oxygen atoms in total. The Morgan fingerprint density at radius 1 is 0.824 bits per heavy atom. The lowest BCUT2D eigenvalue weighted by Gasteiger charge is -2.60. The monoisotopic (exact) mass is 472 g/mol. The first-order valence-corrected chi connectivity index (χ1v) is 15.1. The Morgan fingerprint density at radius 3 is 2.24 bits per heavy atom. The summed E-state index contributed by atoms with van der Waals surface area (Å²) in [7, 11) is 0. The molecule has 4 saturated carbocycles. The van der Waals surface area contributed by atoms with E-state index in [0.717, 1.165) is 43.9 Å². The van der Waals surface area contributed by atoms with Gasteiger partial charge in [-0.15, -0.1) is 0 Å². The van der Waals surface area contributed by atoms with Gasteiger partial charge in [-0.2, -0.15) is 0 Å². The van der Waals surface area contributed by atoms with Crippen molar-refractivity contribution >= 4 is 11.8 Å². The number of carbonyl (C=O) groups is 2. The molecule has 0 saturated heterocycles. The van der Waals surface area contributed by atoms with E-state index in [1.165, 1.54) is 83.5 Å². The zero-order valence-corrected chi connectivity index (χ0v) is 22.5. The molecule has 4 aliphatic rings. The molecule has 0 N–H and O–H groups in total. The van der Waals surface area contributed by atoms with Gasteiger partial charge in [-0.1, -0.05) is 72.1 Å². The predicted molar refractivity (Wildman–Crippen MR) is 138 cm³/mol. The Labute approximate surface area is 209 Å². The normalized spacial score (nSPS) is 39.3. The van der Waals surface area contributed by atoms with Gasteiger partial charge < -0.3 is 4.74 Å². The van der Waals surface area contributed by atoms with Gasteiger partial charge in [0, 0.05) is 24.7 Å². The number of ether oxygens (including phenoxy) is 1.